The van der Waals surface area contributed by atoms with E-state index < -0.39 is 7.32 Å². The lowest BCUT2D eigenvalue weighted by atomic mass is 10.1. The molecule has 0 radical (unpaired) electrons. The van der Waals surface area contributed by atoms with E-state index in [2.05, 4.69) is 0 Å². The van der Waals surface area contributed by atoms with Crippen LogP contribution in [0, 0.1) is 6.92 Å². The van der Waals surface area contributed by atoms with E-state index in [0.29, 0.717) is 17.1 Å². The van der Waals surface area contributed by atoms with Gasteiger partial charge in [0, 0.05) is 0 Å². The predicted octanol–water partition coefficient (Wildman–Crippen LogP) is 0.369. The van der Waals surface area contributed by atoms with Crippen molar-refractivity contribution in [2.75, 3.05) is 21.3 Å². The van der Waals surface area contributed by atoms with Gasteiger partial charge in [0.25, 0.3) is 0 Å². The van der Waals surface area contributed by atoms with Gasteiger partial charge >= 0.3 is 7.32 Å². The molecule has 0 amide bonds. The molecule has 1 aromatic rings. The molecule has 0 saturated carbocycles. The van der Waals surface area contributed by atoms with Gasteiger partial charge in [-0.2, -0.15) is 0 Å². The quantitative estimate of drug-likeness (QED) is 0.726. The molecule has 1 aromatic carbocycles. The maximum absolute atomic E-state index is 8.85. The standard InChI is InChI=1S/C10H15BO6/c1-6-5-7(14-2)9(15-3)10(16-4)8(6)17-11(12)13/h5,12-13H,1-4H3. The topological polar surface area (TPSA) is 77.4 Å². The third-order valence-corrected chi connectivity index (χ3v) is 2.19. The monoisotopic (exact) mass is 242 g/mol. The fraction of sp³-hybridized carbons (Fsp3) is 0.400. The van der Waals surface area contributed by atoms with Gasteiger partial charge in [-0.1, -0.05) is 0 Å². The lowest BCUT2D eigenvalue weighted by Gasteiger charge is -2.18. The summed E-state index contributed by atoms with van der Waals surface area (Å²) in [6.07, 6.45) is 0. The first-order valence-electron chi connectivity index (χ1n) is 4.87. The van der Waals surface area contributed by atoms with Crippen molar-refractivity contribution in [3.8, 4) is 23.0 Å². The fourth-order valence-corrected chi connectivity index (χ4v) is 1.50. The molecule has 0 aliphatic carbocycles. The second kappa shape index (κ2) is 5.65. The number of hydrogen-bond donors (Lipinski definition) is 2. The molecule has 6 nitrogen and oxygen atoms in total. The molecule has 0 unspecified atom stereocenters. The molecular weight excluding hydrogens is 227 g/mol. The van der Waals surface area contributed by atoms with E-state index >= 15 is 0 Å². The summed E-state index contributed by atoms with van der Waals surface area (Å²) in [5, 5.41) is 17.7. The molecule has 0 heterocycles. The van der Waals surface area contributed by atoms with Crippen molar-refractivity contribution in [2.24, 2.45) is 0 Å². The lowest BCUT2D eigenvalue weighted by molar-refractivity contribution is 0.271. The van der Waals surface area contributed by atoms with Crippen molar-refractivity contribution in [1.29, 1.82) is 0 Å². The van der Waals surface area contributed by atoms with Crippen LogP contribution in [-0.2, 0) is 0 Å². The molecule has 0 fully saturated rings. The van der Waals surface area contributed by atoms with Crippen LogP contribution in [0.15, 0.2) is 6.07 Å². The number of benzene rings is 1. The summed E-state index contributed by atoms with van der Waals surface area (Å²) in [6, 6.07) is 1.65. The highest BCUT2D eigenvalue weighted by Crippen LogP contribution is 2.46. The van der Waals surface area contributed by atoms with Crippen LogP contribution in [0.1, 0.15) is 5.56 Å². The van der Waals surface area contributed by atoms with E-state index in [1.165, 1.54) is 21.3 Å². The van der Waals surface area contributed by atoms with E-state index in [1.807, 2.05) is 0 Å². The van der Waals surface area contributed by atoms with Crippen molar-refractivity contribution < 1.29 is 28.9 Å². The van der Waals surface area contributed by atoms with Crippen LogP contribution in [0.3, 0.4) is 0 Å². The summed E-state index contributed by atoms with van der Waals surface area (Å²) in [5.74, 6) is 1.25. The van der Waals surface area contributed by atoms with Crippen LogP contribution in [0.2, 0.25) is 0 Å². The Kier molecular flexibility index (Phi) is 4.48. The summed E-state index contributed by atoms with van der Waals surface area (Å²) in [6.45, 7) is 1.72. The molecule has 0 saturated heterocycles. The lowest BCUT2D eigenvalue weighted by Crippen LogP contribution is -2.21. The molecule has 0 bridgehead atoms. The zero-order valence-corrected chi connectivity index (χ0v) is 10.2. The Bertz CT molecular complexity index is 393. The third kappa shape index (κ3) is 2.75. The van der Waals surface area contributed by atoms with E-state index in [-0.39, 0.29) is 11.5 Å². The molecule has 17 heavy (non-hydrogen) atoms. The van der Waals surface area contributed by atoms with Crippen molar-refractivity contribution in [3.05, 3.63) is 11.6 Å². The molecule has 2 N–H and O–H groups in total. The highest BCUT2D eigenvalue weighted by Gasteiger charge is 2.23. The van der Waals surface area contributed by atoms with Crippen LogP contribution < -0.4 is 18.9 Å². The average Bonchev–Trinajstić information content (AvgIpc) is 2.30. The molecule has 0 aliphatic heterocycles. The third-order valence-electron chi connectivity index (χ3n) is 2.19. The van der Waals surface area contributed by atoms with E-state index in [4.69, 9.17) is 28.9 Å². The molecule has 0 aliphatic rings. The van der Waals surface area contributed by atoms with Crippen molar-refractivity contribution in [3.63, 3.8) is 0 Å². The van der Waals surface area contributed by atoms with Gasteiger partial charge in [-0.15, -0.1) is 0 Å². The van der Waals surface area contributed by atoms with Gasteiger partial charge in [-0.25, -0.2) is 0 Å². The Morgan fingerprint density at radius 2 is 1.53 bits per heavy atom. The van der Waals surface area contributed by atoms with Gasteiger partial charge < -0.3 is 28.9 Å². The van der Waals surface area contributed by atoms with Gasteiger partial charge in [0.2, 0.25) is 11.5 Å². The van der Waals surface area contributed by atoms with Gasteiger partial charge in [0.1, 0.15) is 0 Å². The molecule has 1 rings (SSSR count). The minimum absolute atomic E-state index is 0.195. The summed E-state index contributed by atoms with van der Waals surface area (Å²) in [7, 11) is 2.45. The molecular formula is C10H15BO6. The zero-order valence-electron chi connectivity index (χ0n) is 10.2. The molecule has 94 valence electrons. The maximum atomic E-state index is 8.85. The maximum Gasteiger partial charge on any atom is 0.707 e. The fourth-order valence-electron chi connectivity index (χ4n) is 1.50. The van der Waals surface area contributed by atoms with E-state index in [9.17, 15) is 0 Å². The number of aryl methyl sites for hydroxylation is 1. The highest BCUT2D eigenvalue weighted by molar-refractivity contribution is 6.34. The van der Waals surface area contributed by atoms with Crippen LogP contribution >= 0.6 is 0 Å². The number of hydrogen-bond acceptors (Lipinski definition) is 6. The summed E-state index contributed by atoms with van der Waals surface area (Å²) in [4.78, 5) is 0. The average molecular weight is 242 g/mol. The minimum atomic E-state index is -1.93. The first-order valence-corrected chi connectivity index (χ1v) is 4.87. The van der Waals surface area contributed by atoms with Crippen molar-refractivity contribution in [2.45, 2.75) is 6.92 Å². The highest BCUT2D eigenvalue weighted by atomic mass is 16.6. The Labute approximate surface area is 99.9 Å². The van der Waals surface area contributed by atoms with Crippen molar-refractivity contribution in [1.82, 2.24) is 0 Å². The molecule has 0 atom stereocenters. The minimum Gasteiger partial charge on any atom is -0.509 e. The Hall–Kier alpha value is -1.60. The molecule has 7 heteroatoms. The van der Waals surface area contributed by atoms with Crippen LogP contribution in [-0.4, -0.2) is 38.7 Å². The first-order chi connectivity index (χ1) is 8.04. The summed E-state index contributed by atoms with van der Waals surface area (Å²) < 4.78 is 20.3. The van der Waals surface area contributed by atoms with Crippen LogP contribution in [0.25, 0.3) is 0 Å². The molecule has 0 aromatic heterocycles. The largest absolute Gasteiger partial charge is 0.707 e. The smallest absolute Gasteiger partial charge is 0.509 e. The second-order valence-corrected chi connectivity index (χ2v) is 3.24. The van der Waals surface area contributed by atoms with E-state index in [0.717, 1.165) is 0 Å². The Balaban J connectivity index is 3.38. The van der Waals surface area contributed by atoms with Gasteiger partial charge in [0.05, 0.1) is 21.3 Å². The second-order valence-electron chi connectivity index (χ2n) is 3.24. The number of ether oxygens (including phenoxy) is 3. The summed E-state index contributed by atoms with van der Waals surface area (Å²) in [5.41, 5.74) is 0.632. The molecule has 0 spiro atoms. The first kappa shape index (κ1) is 13.5. The number of rotatable bonds is 5. The van der Waals surface area contributed by atoms with Gasteiger partial charge in [0.15, 0.2) is 11.5 Å². The van der Waals surface area contributed by atoms with Crippen LogP contribution in [0.4, 0.5) is 0 Å². The van der Waals surface area contributed by atoms with E-state index in [1.54, 1.807) is 13.0 Å². The predicted molar refractivity (Wildman–Crippen MR) is 61.7 cm³/mol. The number of methoxy groups -OCH3 is 3. The van der Waals surface area contributed by atoms with Crippen molar-refractivity contribution >= 4 is 7.32 Å². The SMILES string of the molecule is COc1cc(C)c(OB(O)O)c(OC)c1OC. The normalized spacial score (nSPS) is 9.76. The summed E-state index contributed by atoms with van der Waals surface area (Å²) >= 11 is 0. The van der Waals surface area contributed by atoms with Gasteiger partial charge in [-0.3, -0.25) is 0 Å². The Morgan fingerprint density at radius 1 is 0.941 bits per heavy atom. The zero-order chi connectivity index (χ0) is 13.0. The van der Waals surface area contributed by atoms with Gasteiger partial charge in [-0.05, 0) is 18.6 Å². The Morgan fingerprint density at radius 3 is 1.94 bits per heavy atom. The van der Waals surface area contributed by atoms with Crippen LogP contribution in [0.5, 0.6) is 23.0 Å².